The molecule has 1 aliphatic heterocycles. The Labute approximate surface area is 130 Å². The summed E-state index contributed by atoms with van der Waals surface area (Å²) < 4.78 is 6.76. The molecule has 1 heterocycles. The molecule has 2 rings (SSSR count). The van der Waals surface area contributed by atoms with Gasteiger partial charge in [0, 0.05) is 36.7 Å². The second-order valence-corrected chi connectivity index (χ2v) is 6.19. The summed E-state index contributed by atoms with van der Waals surface area (Å²) in [5.41, 5.74) is 1.11. The molecular weight excluding hydrogens is 376 g/mol. The molecule has 1 aromatic rings. The van der Waals surface area contributed by atoms with E-state index in [2.05, 4.69) is 49.0 Å². The minimum absolute atomic E-state index is 0.130. The summed E-state index contributed by atoms with van der Waals surface area (Å²) in [4.78, 5) is 2.42. The minimum atomic E-state index is 0.130. The molecule has 1 aromatic carbocycles. The van der Waals surface area contributed by atoms with Crippen LogP contribution < -0.4 is 10.1 Å². The third-order valence-electron chi connectivity index (χ3n) is 3.54. The van der Waals surface area contributed by atoms with E-state index < -0.39 is 0 Å². The lowest BCUT2D eigenvalue weighted by Gasteiger charge is -2.33. The number of phenolic OH excluding ortho intramolecular Hbond substituents is 1. The lowest BCUT2D eigenvalue weighted by molar-refractivity contribution is 0.184. The summed E-state index contributed by atoms with van der Waals surface area (Å²) in [5.74, 6) is 0.623. The van der Waals surface area contributed by atoms with Gasteiger partial charge in [0.05, 0.1) is 11.6 Å². The normalized spacial score (nSPS) is 18.3. The molecule has 106 valence electrons. The van der Waals surface area contributed by atoms with Gasteiger partial charge in [0.25, 0.3) is 0 Å². The molecule has 0 aliphatic carbocycles. The van der Waals surface area contributed by atoms with E-state index in [-0.39, 0.29) is 11.8 Å². The summed E-state index contributed by atoms with van der Waals surface area (Å²) in [6, 6.07) is 2.17. The minimum Gasteiger partial charge on any atom is -0.503 e. The van der Waals surface area contributed by atoms with Crippen molar-refractivity contribution < 1.29 is 9.84 Å². The fourth-order valence-electron chi connectivity index (χ4n) is 2.34. The first-order valence-electron chi connectivity index (χ1n) is 6.26. The van der Waals surface area contributed by atoms with Gasteiger partial charge in [0.15, 0.2) is 11.5 Å². The Morgan fingerprint density at radius 3 is 2.53 bits per heavy atom. The number of aromatic hydroxyl groups is 1. The molecule has 0 bridgehead atoms. The van der Waals surface area contributed by atoms with Crippen LogP contribution >= 0.6 is 31.9 Å². The van der Waals surface area contributed by atoms with Crippen LogP contribution in [0.2, 0.25) is 0 Å². The quantitative estimate of drug-likeness (QED) is 0.828. The zero-order valence-electron chi connectivity index (χ0n) is 11.0. The third kappa shape index (κ3) is 3.07. The number of nitrogens with zero attached hydrogens (tertiary/aromatic N) is 1. The molecule has 19 heavy (non-hydrogen) atoms. The molecule has 0 aromatic heterocycles. The smallest absolute Gasteiger partial charge is 0.173 e. The predicted octanol–water partition coefficient (Wildman–Crippen LogP) is 2.89. The SMILES string of the molecule is COc1cc([C@@H](C)N2CCNCC2)c(Br)c(Br)c1O. The highest BCUT2D eigenvalue weighted by molar-refractivity contribution is 9.13. The molecule has 1 fully saturated rings. The fourth-order valence-corrected chi connectivity index (χ4v) is 3.40. The highest BCUT2D eigenvalue weighted by Gasteiger charge is 2.23. The molecule has 0 unspecified atom stereocenters. The molecule has 6 heteroatoms. The number of piperazine rings is 1. The first-order chi connectivity index (χ1) is 9.06. The number of rotatable bonds is 3. The Morgan fingerprint density at radius 1 is 1.32 bits per heavy atom. The largest absolute Gasteiger partial charge is 0.503 e. The number of phenols is 1. The van der Waals surface area contributed by atoms with Gasteiger partial charge in [-0.15, -0.1) is 0 Å². The van der Waals surface area contributed by atoms with E-state index in [1.54, 1.807) is 7.11 Å². The van der Waals surface area contributed by atoms with Gasteiger partial charge in [-0.05, 0) is 50.4 Å². The standard InChI is InChI=1S/C13H18Br2N2O2/c1-8(17-5-3-16-4-6-17)9-7-10(19-2)13(18)12(15)11(9)14/h7-8,16,18H,3-6H2,1-2H3/t8-/m1/s1. The third-order valence-corrected chi connectivity index (χ3v) is 5.70. The van der Waals surface area contributed by atoms with Crippen molar-refractivity contribution in [3.8, 4) is 11.5 Å². The summed E-state index contributed by atoms with van der Waals surface area (Å²) in [6.07, 6.45) is 0. The highest BCUT2D eigenvalue weighted by Crippen LogP contribution is 2.44. The summed E-state index contributed by atoms with van der Waals surface area (Å²) in [5, 5.41) is 13.3. The maximum Gasteiger partial charge on any atom is 0.173 e. The van der Waals surface area contributed by atoms with Crippen LogP contribution in [0.3, 0.4) is 0 Å². The summed E-state index contributed by atoms with van der Waals surface area (Å²) in [6.45, 7) is 6.24. The van der Waals surface area contributed by atoms with E-state index in [0.29, 0.717) is 10.2 Å². The molecular formula is C13H18Br2N2O2. The topological polar surface area (TPSA) is 44.7 Å². The van der Waals surface area contributed by atoms with Gasteiger partial charge in [0.2, 0.25) is 0 Å². The molecule has 4 nitrogen and oxygen atoms in total. The van der Waals surface area contributed by atoms with Crippen LogP contribution in [0.5, 0.6) is 11.5 Å². The van der Waals surface area contributed by atoms with E-state index in [4.69, 9.17) is 4.74 Å². The van der Waals surface area contributed by atoms with Gasteiger partial charge in [-0.1, -0.05) is 0 Å². The van der Waals surface area contributed by atoms with Gasteiger partial charge in [-0.3, -0.25) is 4.90 Å². The van der Waals surface area contributed by atoms with Crippen LogP contribution in [-0.4, -0.2) is 43.3 Å². The predicted molar refractivity (Wildman–Crippen MR) is 82.9 cm³/mol. The first kappa shape index (κ1) is 15.1. The number of halogens is 2. The number of ether oxygens (including phenoxy) is 1. The summed E-state index contributed by atoms with van der Waals surface area (Å²) in [7, 11) is 1.56. The number of benzene rings is 1. The van der Waals surface area contributed by atoms with E-state index in [0.717, 1.165) is 36.2 Å². The zero-order valence-corrected chi connectivity index (χ0v) is 14.2. The lowest BCUT2D eigenvalue weighted by Crippen LogP contribution is -2.44. The van der Waals surface area contributed by atoms with E-state index >= 15 is 0 Å². The van der Waals surface area contributed by atoms with Gasteiger partial charge in [-0.2, -0.15) is 0 Å². The monoisotopic (exact) mass is 392 g/mol. The maximum atomic E-state index is 9.97. The Kier molecular flexibility index (Phi) is 5.11. The van der Waals surface area contributed by atoms with E-state index in [1.807, 2.05) is 6.07 Å². The molecule has 0 radical (unpaired) electrons. The van der Waals surface area contributed by atoms with Crippen molar-refractivity contribution in [1.29, 1.82) is 0 Å². The molecule has 2 N–H and O–H groups in total. The van der Waals surface area contributed by atoms with Gasteiger partial charge >= 0.3 is 0 Å². The Morgan fingerprint density at radius 2 is 1.95 bits per heavy atom. The molecule has 1 atom stereocenters. The lowest BCUT2D eigenvalue weighted by atomic mass is 10.1. The second-order valence-electron chi connectivity index (χ2n) is 4.61. The summed E-state index contributed by atoms with van der Waals surface area (Å²) >= 11 is 6.96. The van der Waals surface area contributed by atoms with Gasteiger partial charge in [0.1, 0.15) is 0 Å². The van der Waals surface area contributed by atoms with E-state index in [1.165, 1.54) is 0 Å². The van der Waals surface area contributed by atoms with Crippen molar-refractivity contribution in [2.24, 2.45) is 0 Å². The van der Waals surface area contributed by atoms with Gasteiger partial charge < -0.3 is 15.2 Å². The molecule has 1 aliphatic rings. The first-order valence-corrected chi connectivity index (χ1v) is 7.84. The Hall–Kier alpha value is -0.300. The van der Waals surface area contributed by atoms with Gasteiger partial charge in [-0.25, -0.2) is 0 Å². The average molecular weight is 394 g/mol. The van der Waals surface area contributed by atoms with Crippen molar-refractivity contribution in [3.05, 3.63) is 20.6 Å². The number of nitrogens with one attached hydrogen (secondary N) is 1. The van der Waals surface area contributed by atoms with Crippen molar-refractivity contribution in [3.63, 3.8) is 0 Å². The van der Waals surface area contributed by atoms with Crippen LogP contribution in [0.15, 0.2) is 15.0 Å². The van der Waals surface area contributed by atoms with Crippen LogP contribution in [0.25, 0.3) is 0 Å². The van der Waals surface area contributed by atoms with Crippen LogP contribution in [0.4, 0.5) is 0 Å². The van der Waals surface area contributed by atoms with Crippen LogP contribution in [0.1, 0.15) is 18.5 Å². The van der Waals surface area contributed by atoms with Crippen molar-refractivity contribution in [1.82, 2.24) is 10.2 Å². The zero-order chi connectivity index (χ0) is 14.0. The number of hydrogen-bond donors (Lipinski definition) is 2. The van der Waals surface area contributed by atoms with Crippen LogP contribution in [0, 0.1) is 0 Å². The molecule has 1 saturated heterocycles. The number of hydrogen-bond acceptors (Lipinski definition) is 4. The molecule has 0 saturated carbocycles. The fraction of sp³-hybridized carbons (Fsp3) is 0.538. The molecule has 0 amide bonds. The van der Waals surface area contributed by atoms with Crippen molar-refractivity contribution >= 4 is 31.9 Å². The Balaban J connectivity index is 2.35. The molecule has 0 spiro atoms. The Bertz CT molecular complexity index is 462. The average Bonchev–Trinajstić information content (AvgIpc) is 2.45. The van der Waals surface area contributed by atoms with Crippen molar-refractivity contribution in [2.45, 2.75) is 13.0 Å². The van der Waals surface area contributed by atoms with E-state index in [9.17, 15) is 5.11 Å². The highest BCUT2D eigenvalue weighted by atomic mass is 79.9. The van der Waals surface area contributed by atoms with Crippen molar-refractivity contribution in [2.75, 3.05) is 33.3 Å². The number of methoxy groups -OCH3 is 1. The maximum absolute atomic E-state index is 9.97. The van der Waals surface area contributed by atoms with Crippen LogP contribution in [-0.2, 0) is 0 Å². The second kappa shape index (κ2) is 6.43.